The highest BCUT2D eigenvalue weighted by Gasteiger charge is 2.51. The Kier molecular flexibility index (Phi) is 4.54. The molecule has 1 aromatic carbocycles. The van der Waals surface area contributed by atoms with E-state index in [2.05, 4.69) is 4.99 Å². The van der Waals surface area contributed by atoms with E-state index >= 15 is 0 Å². The number of ketones is 1. The van der Waals surface area contributed by atoms with Crippen LogP contribution in [0, 0.1) is 0 Å². The molecule has 0 aliphatic carbocycles. The van der Waals surface area contributed by atoms with E-state index < -0.39 is 29.4 Å². The second-order valence-corrected chi connectivity index (χ2v) is 5.52. The van der Waals surface area contributed by atoms with Crippen LogP contribution in [0.15, 0.2) is 29.3 Å². The lowest BCUT2D eigenvalue weighted by Crippen LogP contribution is -2.53. The number of carbonyl (C=O) groups excluding carboxylic acids is 1. The van der Waals surface area contributed by atoms with Crippen molar-refractivity contribution < 1.29 is 18.3 Å². The van der Waals surface area contributed by atoms with Crippen molar-refractivity contribution in [1.82, 2.24) is 0 Å². The first-order chi connectivity index (χ1) is 10.3. The summed E-state index contributed by atoms with van der Waals surface area (Å²) >= 11 is 6.16. The molecule has 0 saturated carbocycles. The minimum Gasteiger partial charge on any atom is -0.464 e. The molecule has 2 rings (SSSR count). The molecule has 22 heavy (non-hydrogen) atoms. The summed E-state index contributed by atoms with van der Waals surface area (Å²) in [5.41, 5.74) is 3.71. The summed E-state index contributed by atoms with van der Waals surface area (Å²) in [6.45, 7) is 3.36. The van der Waals surface area contributed by atoms with E-state index in [9.17, 15) is 13.6 Å². The molecule has 1 aromatic rings. The van der Waals surface area contributed by atoms with Gasteiger partial charge in [0.15, 0.2) is 11.6 Å². The first-order valence-corrected chi connectivity index (χ1v) is 7.37. The highest BCUT2D eigenvalue weighted by molar-refractivity contribution is 6.32. The average Bonchev–Trinajstić information content (AvgIpc) is 2.47. The van der Waals surface area contributed by atoms with Gasteiger partial charge in [0.05, 0.1) is 0 Å². The first kappa shape index (κ1) is 16.8. The van der Waals surface area contributed by atoms with E-state index in [4.69, 9.17) is 22.1 Å². The zero-order chi connectivity index (χ0) is 16.5. The summed E-state index contributed by atoms with van der Waals surface area (Å²) in [5, 5.41) is 0.290. The molecule has 0 fully saturated rings. The topological polar surface area (TPSA) is 64.7 Å². The van der Waals surface area contributed by atoms with Gasteiger partial charge in [0, 0.05) is 10.6 Å². The Balaban J connectivity index is 2.70. The van der Waals surface area contributed by atoms with Crippen molar-refractivity contribution in [3.05, 3.63) is 34.9 Å². The van der Waals surface area contributed by atoms with Crippen molar-refractivity contribution in [2.75, 3.05) is 0 Å². The maximum Gasteiger partial charge on any atom is 0.375 e. The highest BCUT2D eigenvalue weighted by atomic mass is 35.5. The smallest absolute Gasteiger partial charge is 0.375 e. The molecule has 7 heteroatoms. The molecule has 2 unspecified atom stereocenters. The Morgan fingerprint density at radius 2 is 2.05 bits per heavy atom. The number of halogens is 3. The molecular weight excluding hydrogens is 314 g/mol. The summed E-state index contributed by atoms with van der Waals surface area (Å²) < 4.78 is 32.0. The Morgan fingerprint density at radius 1 is 1.41 bits per heavy atom. The third-order valence-corrected chi connectivity index (χ3v) is 4.06. The number of alkyl halides is 2. The predicted molar refractivity (Wildman–Crippen MR) is 80.2 cm³/mol. The summed E-state index contributed by atoms with van der Waals surface area (Å²) in [6, 6.07) is 2.82. The molecule has 120 valence electrons. The molecule has 0 bridgehead atoms. The Bertz CT molecular complexity index is 616. The number of ether oxygens (including phenoxy) is 1. The van der Waals surface area contributed by atoms with E-state index in [1.807, 2.05) is 0 Å². The number of carbonyl (C=O) groups is 1. The van der Waals surface area contributed by atoms with E-state index in [0.717, 1.165) is 0 Å². The number of hydrogen-bond donors (Lipinski definition) is 1. The van der Waals surface area contributed by atoms with Crippen molar-refractivity contribution in [2.45, 2.75) is 44.4 Å². The van der Waals surface area contributed by atoms with Crippen LogP contribution < -0.4 is 5.73 Å². The Morgan fingerprint density at radius 3 is 2.55 bits per heavy atom. The normalized spacial score (nSPS) is 25.6. The van der Waals surface area contributed by atoms with Gasteiger partial charge in [-0.25, -0.2) is 4.99 Å². The minimum absolute atomic E-state index is 0.176. The van der Waals surface area contributed by atoms with Crippen LogP contribution >= 0.6 is 11.6 Å². The monoisotopic (exact) mass is 330 g/mol. The molecule has 0 saturated heterocycles. The van der Waals surface area contributed by atoms with Crippen molar-refractivity contribution in [3.63, 3.8) is 0 Å². The van der Waals surface area contributed by atoms with Gasteiger partial charge >= 0.3 is 6.05 Å². The van der Waals surface area contributed by atoms with Gasteiger partial charge in [-0.1, -0.05) is 43.6 Å². The lowest BCUT2D eigenvalue weighted by molar-refractivity contribution is -0.135. The van der Waals surface area contributed by atoms with E-state index in [-0.39, 0.29) is 17.9 Å². The standard InChI is InChI=1S/C15H17ClF2N2O2/c1-3-11-12(21)14(4-2,9-7-5-6-8-10(9)16)20-13(22-11)15(17,18)19/h5-8,11H,3-4,19H2,1-2H3. The maximum atomic E-state index is 13.5. The van der Waals surface area contributed by atoms with Crippen LogP contribution in [0.1, 0.15) is 32.3 Å². The van der Waals surface area contributed by atoms with Crippen LogP contribution in [0.4, 0.5) is 8.78 Å². The molecule has 4 nitrogen and oxygen atoms in total. The second-order valence-electron chi connectivity index (χ2n) is 5.11. The molecule has 0 spiro atoms. The van der Waals surface area contributed by atoms with Crippen molar-refractivity contribution in [2.24, 2.45) is 10.7 Å². The molecule has 0 radical (unpaired) electrons. The number of aliphatic imine (C=N–C) groups is 1. The molecule has 1 aliphatic rings. The van der Waals surface area contributed by atoms with Gasteiger partial charge in [-0.15, -0.1) is 0 Å². The quantitative estimate of drug-likeness (QED) is 0.862. The lowest BCUT2D eigenvalue weighted by atomic mass is 9.80. The van der Waals surface area contributed by atoms with Gasteiger partial charge in [0.1, 0.15) is 0 Å². The Hall–Kier alpha value is -1.53. The van der Waals surface area contributed by atoms with Crippen molar-refractivity contribution >= 4 is 23.3 Å². The molecular formula is C15H17ClF2N2O2. The number of benzene rings is 1. The fourth-order valence-corrected chi connectivity index (χ4v) is 2.86. The first-order valence-electron chi connectivity index (χ1n) is 6.99. The van der Waals surface area contributed by atoms with Crippen LogP contribution in [0.5, 0.6) is 0 Å². The van der Waals surface area contributed by atoms with Crippen molar-refractivity contribution in [1.29, 1.82) is 0 Å². The maximum absolute atomic E-state index is 13.5. The van der Waals surface area contributed by atoms with Gasteiger partial charge in [-0.05, 0) is 18.9 Å². The molecule has 2 N–H and O–H groups in total. The average molecular weight is 331 g/mol. The number of Topliss-reactive ketones (excluding diaryl/α,β-unsaturated/α-hetero) is 1. The van der Waals surface area contributed by atoms with Gasteiger partial charge in [0.25, 0.3) is 5.90 Å². The number of hydrogen-bond acceptors (Lipinski definition) is 4. The summed E-state index contributed by atoms with van der Waals surface area (Å²) in [7, 11) is 0. The predicted octanol–water partition coefficient (Wildman–Crippen LogP) is 3.27. The SMILES string of the molecule is CCC1OC(C(N)(F)F)=NC(CC)(c2ccccc2Cl)C1=O. The fourth-order valence-electron chi connectivity index (χ4n) is 2.56. The van der Waals surface area contributed by atoms with Gasteiger partial charge in [0.2, 0.25) is 5.78 Å². The number of rotatable bonds is 4. The largest absolute Gasteiger partial charge is 0.464 e. The third kappa shape index (κ3) is 2.73. The molecule has 1 aliphatic heterocycles. The zero-order valence-electron chi connectivity index (χ0n) is 12.3. The summed E-state index contributed by atoms with van der Waals surface area (Å²) in [4.78, 5) is 16.7. The fraction of sp³-hybridized carbons (Fsp3) is 0.467. The summed E-state index contributed by atoms with van der Waals surface area (Å²) in [5.74, 6) is -1.32. The third-order valence-electron chi connectivity index (χ3n) is 3.73. The van der Waals surface area contributed by atoms with Crippen LogP contribution in [-0.4, -0.2) is 23.8 Å². The van der Waals surface area contributed by atoms with Crippen LogP contribution in [0.2, 0.25) is 5.02 Å². The molecule has 1 heterocycles. The lowest BCUT2D eigenvalue weighted by Gasteiger charge is -2.37. The van der Waals surface area contributed by atoms with E-state index in [0.29, 0.717) is 5.56 Å². The van der Waals surface area contributed by atoms with Gasteiger partial charge in [-0.3, -0.25) is 10.5 Å². The highest BCUT2D eigenvalue weighted by Crippen LogP contribution is 2.40. The number of nitrogens with zero attached hydrogens (tertiary/aromatic N) is 1. The van der Waals surface area contributed by atoms with Gasteiger partial charge in [-0.2, -0.15) is 8.78 Å². The van der Waals surface area contributed by atoms with Crippen molar-refractivity contribution in [3.8, 4) is 0 Å². The molecule has 0 amide bonds. The van der Waals surface area contributed by atoms with E-state index in [1.165, 1.54) is 0 Å². The van der Waals surface area contributed by atoms with Crippen LogP contribution in [0.3, 0.4) is 0 Å². The van der Waals surface area contributed by atoms with Crippen LogP contribution in [0.25, 0.3) is 0 Å². The molecule has 2 atom stereocenters. The number of nitrogens with two attached hydrogens (primary N) is 1. The van der Waals surface area contributed by atoms with Gasteiger partial charge < -0.3 is 4.74 Å². The summed E-state index contributed by atoms with van der Waals surface area (Å²) in [6.07, 6.45) is -0.618. The second kappa shape index (κ2) is 5.93. The minimum atomic E-state index is -3.75. The Labute approximate surface area is 132 Å². The molecule has 0 aromatic heterocycles. The zero-order valence-corrected chi connectivity index (χ0v) is 13.0. The van der Waals surface area contributed by atoms with E-state index in [1.54, 1.807) is 38.1 Å². The van der Waals surface area contributed by atoms with Crippen LogP contribution in [-0.2, 0) is 15.1 Å².